The molecular formula is C18H13ClO6. The van der Waals surface area contributed by atoms with Crippen LogP contribution >= 0.6 is 11.6 Å². The number of hydrogen-bond donors (Lipinski definition) is 1. The summed E-state index contributed by atoms with van der Waals surface area (Å²) in [5, 5.41) is 10.3. The van der Waals surface area contributed by atoms with E-state index in [9.17, 15) is 14.7 Å². The van der Waals surface area contributed by atoms with E-state index in [0.29, 0.717) is 27.5 Å². The molecule has 2 aromatic carbocycles. The molecule has 0 fully saturated rings. The first kappa shape index (κ1) is 16.9. The summed E-state index contributed by atoms with van der Waals surface area (Å²) in [6, 6.07) is 9.51. The first-order valence-electron chi connectivity index (χ1n) is 7.18. The number of carboxylic acids is 1. The molecule has 1 N–H and O–H groups in total. The van der Waals surface area contributed by atoms with Crippen LogP contribution in [0.5, 0.6) is 11.5 Å². The minimum absolute atomic E-state index is 0.210. The van der Waals surface area contributed by atoms with Crippen molar-refractivity contribution in [2.45, 2.75) is 0 Å². The molecule has 0 aliphatic carbocycles. The van der Waals surface area contributed by atoms with Crippen molar-refractivity contribution in [1.82, 2.24) is 0 Å². The fourth-order valence-electron chi connectivity index (χ4n) is 2.66. The van der Waals surface area contributed by atoms with Crippen LogP contribution in [0.2, 0.25) is 5.02 Å². The van der Waals surface area contributed by atoms with Gasteiger partial charge in [-0.15, -0.1) is 0 Å². The Hall–Kier alpha value is -2.99. The maximum absolute atomic E-state index is 12.2. The number of ether oxygens (including phenoxy) is 2. The van der Waals surface area contributed by atoms with E-state index in [4.69, 9.17) is 25.5 Å². The van der Waals surface area contributed by atoms with Gasteiger partial charge in [-0.25, -0.2) is 9.59 Å². The SMILES string of the molecule is COc1ccc(-c2c(C(=O)O)c(=O)oc3ccc(Cl)cc23)cc1OC. The summed E-state index contributed by atoms with van der Waals surface area (Å²) in [4.78, 5) is 23.9. The average Bonchev–Trinajstić information content (AvgIpc) is 2.60. The summed E-state index contributed by atoms with van der Waals surface area (Å²) >= 11 is 6.04. The van der Waals surface area contributed by atoms with Gasteiger partial charge < -0.3 is 19.0 Å². The first-order valence-corrected chi connectivity index (χ1v) is 7.56. The minimum Gasteiger partial charge on any atom is -0.493 e. The van der Waals surface area contributed by atoms with Crippen molar-refractivity contribution in [2.24, 2.45) is 0 Å². The lowest BCUT2D eigenvalue weighted by molar-refractivity contribution is 0.0693. The predicted octanol–water partition coefficient (Wildman–Crippen LogP) is 3.83. The molecule has 0 amide bonds. The summed E-state index contributed by atoms with van der Waals surface area (Å²) in [7, 11) is 2.96. The van der Waals surface area contributed by atoms with Gasteiger partial charge in [0, 0.05) is 16.0 Å². The fourth-order valence-corrected chi connectivity index (χ4v) is 2.83. The molecule has 128 valence electrons. The molecule has 0 spiro atoms. The lowest BCUT2D eigenvalue weighted by atomic mass is 9.96. The molecule has 25 heavy (non-hydrogen) atoms. The Morgan fingerprint density at radius 2 is 1.80 bits per heavy atom. The number of rotatable bonds is 4. The number of benzene rings is 2. The maximum Gasteiger partial charge on any atom is 0.351 e. The first-order chi connectivity index (χ1) is 12.0. The van der Waals surface area contributed by atoms with Crippen LogP contribution in [0.3, 0.4) is 0 Å². The third-order valence-electron chi connectivity index (χ3n) is 3.75. The molecule has 0 bridgehead atoms. The van der Waals surface area contributed by atoms with Crippen molar-refractivity contribution < 1.29 is 23.8 Å². The summed E-state index contributed by atoms with van der Waals surface area (Å²) in [6.07, 6.45) is 0. The quantitative estimate of drug-likeness (QED) is 0.712. The molecule has 1 heterocycles. The van der Waals surface area contributed by atoms with Crippen LogP contribution in [0.1, 0.15) is 10.4 Å². The molecule has 0 saturated heterocycles. The van der Waals surface area contributed by atoms with Gasteiger partial charge in [0.25, 0.3) is 0 Å². The van der Waals surface area contributed by atoms with Gasteiger partial charge >= 0.3 is 11.6 Å². The van der Waals surface area contributed by atoms with Gasteiger partial charge in [-0.1, -0.05) is 17.7 Å². The van der Waals surface area contributed by atoms with Gasteiger partial charge in [0.1, 0.15) is 5.58 Å². The fraction of sp³-hybridized carbons (Fsp3) is 0.111. The lowest BCUT2D eigenvalue weighted by Gasteiger charge is -2.13. The van der Waals surface area contributed by atoms with Crippen molar-refractivity contribution >= 4 is 28.5 Å². The summed E-state index contributed by atoms with van der Waals surface area (Å²) in [5.74, 6) is -0.506. The van der Waals surface area contributed by atoms with Crippen LogP contribution in [0.15, 0.2) is 45.6 Å². The highest BCUT2D eigenvalue weighted by molar-refractivity contribution is 6.31. The highest BCUT2D eigenvalue weighted by Crippen LogP contribution is 2.37. The molecular weight excluding hydrogens is 348 g/mol. The van der Waals surface area contributed by atoms with E-state index in [1.54, 1.807) is 30.3 Å². The topological polar surface area (TPSA) is 86.0 Å². The van der Waals surface area contributed by atoms with E-state index in [1.807, 2.05) is 0 Å². The summed E-state index contributed by atoms with van der Waals surface area (Å²) < 4.78 is 15.6. The van der Waals surface area contributed by atoms with Crippen molar-refractivity contribution in [1.29, 1.82) is 0 Å². The number of methoxy groups -OCH3 is 2. The van der Waals surface area contributed by atoms with Crippen LogP contribution in [0, 0.1) is 0 Å². The molecule has 0 radical (unpaired) electrons. The van der Waals surface area contributed by atoms with Gasteiger partial charge in [0.05, 0.1) is 14.2 Å². The van der Waals surface area contributed by atoms with Crippen LogP contribution in [0.4, 0.5) is 0 Å². The standard InChI is InChI=1S/C18H13ClO6/c1-23-13-5-3-9(7-14(13)24-2)15-11-8-10(19)4-6-12(11)25-18(22)16(15)17(20)21/h3-8H,1-2H3,(H,20,21). The van der Waals surface area contributed by atoms with Crippen LogP contribution < -0.4 is 15.1 Å². The van der Waals surface area contributed by atoms with Crippen molar-refractivity contribution in [2.75, 3.05) is 14.2 Å². The molecule has 7 heteroatoms. The van der Waals surface area contributed by atoms with E-state index in [-0.39, 0.29) is 11.1 Å². The summed E-state index contributed by atoms with van der Waals surface area (Å²) in [6.45, 7) is 0. The highest BCUT2D eigenvalue weighted by Gasteiger charge is 2.23. The zero-order valence-electron chi connectivity index (χ0n) is 13.3. The van der Waals surface area contributed by atoms with Crippen molar-refractivity contribution in [3.63, 3.8) is 0 Å². The van der Waals surface area contributed by atoms with E-state index in [2.05, 4.69) is 0 Å². The number of fused-ring (bicyclic) bond motifs is 1. The third kappa shape index (κ3) is 2.92. The van der Waals surface area contributed by atoms with Crippen LogP contribution in [-0.4, -0.2) is 25.3 Å². The largest absolute Gasteiger partial charge is 0.493 e. The maximum atomic E-state index is 12.2. The van der Waals surface area contributed by atoms with E-state index < -0.39 is 17.2 Å². The molecule has 3 rings (SSSR count). The third-order valence-corrected chi connectivity index (χ3v) is 3.99. The molecule has 1 aromatic heterocycles. The Morgan fingerprint density at radius 1 is 1.08 bits per heavy atom. The monoisotopic (exact) mass is 360 g/mol. The summed E-state index contributed by atoms with van der Waals surface area (Å²) in [5.41, 5.74) is -0.490. The Bertz CT molecular complexity index is 1040. The van der Waals surface area contributed by atoms with Crippen LogP contribution in [0.25, 0.3) is 22.1 Å². The van der Waals surface area contributed by atoms with Gasteiger partial charge in [0.2, 0.25) is 0 Å². The van der Waals surface area contributed by atoms with E-state index in [0.717, 1.165) is 0 Å². The van der Waals surface area contributed by atoms with Crippen LogP contribution in [-0.2, 0) is 0 Å². The number of carbonyl (C=O) groups is 1. The molecule has 0 aliphatic heterocycles. The number of hydrogen-bond acceptors (Lipinski definition) is 5. The molecule has 0 aliphatic rings. The second-order valence-corrected chi connectivity index (χ2v) is 5.59. The lowest BCUT2D eigenvalue weighted by Crippen LogP contribution is -2.15. The molecule has 6 nitrogen and oxygen atoms in total. The van der Waals surface area contributed by atoms with Crippen molar-refractivity contribution in [3.05, 3.63) is 57.4 Å². The minimum atomic E-state index is -1.39. The molecule has 0 unspecified atom stereocenters. The molecule has 0 atom stereocenters. The van der Waals surface area contributed by atoms with Crippen molar-refractivity contribution in [3.8, 4) is 22.6 Å². The zero-order chi connectivity index (χ0) is 18.1. The Labute approximate surface area is 147 Å². The Morgan fingerprint density at radius 3 is 2.44 bits per heavy atom. The Kier molecular flexibility index (Phi) is 4.37. The predicted molar refractivity (Wildman–Crippen MR) is 93.0 cm³/mol. The number of carboxylic acid groups (broad SMARTS) is 1. The zero-order valence-corrected chi connectivity index (χ0v) is 14.1. The molecule has 0 saturated carbocycles. The van der Waals surface area contributed by atoms with Gasteiger partial charge in [-0.3, -0.25) is 0 Å². The van der Waals surface area contributed by atoms with Gasteiger partial charge in [-0.05, 0) is 35.9 Å². The second kappa shape index (κ2) is 6.49. The smallest absolute Gasteiger partial charge is 0.351 e. The number of halogens is 1. The normalized spacial score (nSPS) is 10.7. The number of aromatic carboxylic acids is 1. The Balaban J connectivity index is 2.45. The molecule has 3 aromatic rings. The van der Waals surface area contributed by atoms with Gasteiger partial charge in [-0.2, -0.15) is 0 Å². The second-order valence-electron chi connectivity index (χ2n) is 5.15. The average molecular weight is 361 g/mol. The van der Waals surface area contributed by atoms with E-state index in [1.165, 1.54) is 20.3 Å². The van der Waals surface area contributed by atoms with E-state index >= 15 is 0 Å². The van der Waals surface area contributed by atoms with Gasteiger partial charge in [0.15, 0.2) is 17.1 Å². The highest BCUT2D eigenvalue weighted by atomic mass is 35.5.